The van der Waals surface area contributed by atoms with Gasteiger partial charge >= 0.3 is 0 Å². The monoisotopic (exact) mass is 572 g/mol. The van der Waals surface area contributed by atoms with Crippen molar-refractivity contribution in [2.24, 2.45) is 0 Å². The standard InChI is InChI=1S/C31H32N4O7/c1-34-13-11-20-22(28-29(42-17-41-28)27(40-3)23(20)16-34)15-32-25(36)14-21(18-7-9-19(39-2)10-8-18)26-30(37)33-24-6-4-5-12-35(24)31(26)38/h4-10,12,21,37H,11,13-17H2,1-3H3,(H,32,36). The number of hydrogen-bond donors (Lipinski definition) is 2. The van der Waals surface area contributed by atoms with E-state index in [9.17, 15) is 14.7 Å². The number of ether oxygens (including phenoxy) is 4. The Kier molecular flexibility index (Phi) is 7.34. The molecule has 1 atom stereocenters. The third-order valence-electron chi connectivity index (χ3n) is 7.94. The lowest BCUT2D eigenvalue weighted by atomic mass is 9.89. The highest BCUT2D eigenvalue weighted by Gasteiger charge is 2.33. The van der Waals surface area contributed by atoms with E-state index in [1.54, 1.807) is 62.9 Å². The number of pyridine rings is 1. The molecule has 0 radical (unpaired) electrons. The van der Waals surface area contributed by atoms with Gasteiger partial charge in [-0.15, -0.1) is 0 Å². The van der Waals surface area contributed by atoms with Crippen molar-refractivity contribution in [1.82, 2.24) is 19.6 Å². The molecule has 0 fully saturated rings. The highest BCUT2D eigenvalue weighted by molar-refractivity contribution is 5.78. The minimum atomic E-state index is -0.767. The lowest BCUT2D eigenvalue weighted by molar-refractivity contribution is -0.121. The van der Waals surface area contributed by atoms with E-state index in [0.29, 0.717) is 40.8 Å². The van der Waals surface area contributed by atoms with E-state index in [4.69, 9.17) is 18.9 Å². The maximum absolute atomic E-state index is 13.6. The number of nitrogens with one attached hydrogen (secondary N) is 1. The SMILES string of the molecule is COc1ccc(C(CC(=O)NCc2c3c(c(OC)c4c2OCO4)CN(C)CC3)c2c(O)nc3ccccn3c2=O)cc1. The number of benzene rings is 2. The van der Waals surface area contributed by atoms with Crippen LogP contribution in [-0.4, -0.2) is 59.9 Å². The lowest BCUT2D eigenvalue weighted by Gasteiger charge is -2.29. The Balaban J connectivity index is 1.34. The van der Waals surface area contributed by atoms with Crippen molar-refractivity contribution in [2.45, 2.75) is 31.8 Å². The molecule has 0 spiro atoms. The van der Waals surface area contributed by atoms with Gasteiger partial charge in [-0.2, -0.15) is 4.98 Å². The summed E-state index contributed by atoms with van der Waals surface area (Å²) in [5, 5.41) is 14.0. The van der Waals surface area contributed by atoms with Gasteiger partial charge in [-0.1, -0.05) is 18.2 Å². The van der Waals surface area contributed by atoms with Gasteiger partial charge in [0.2, 0.25) is 24.3 Å². The third-order valence-corrected chi connectivity index (χ3v) is 7.94. The number of rotatable bonds is 8. The summed E-state index contributed by atoms with van der Waals surface area (Å²) in [7, 11) is 5.23. The molecule has 2 aromatic heterocycles. The number of aromatic nitrogens is 2. The van der Waals surface area contributed by atoms with Gasteiger partial charge in [0, 0.05) is 49.3 Å². The van der Waals surface area contributed by atoms with E-state index < -0.39 is 17.4 Å². The summed E-state index contributed by atoms with van der Waals surface area (Å²) >= 11 is 0. The van der Waals surface area contributed by atoms with Crippen LogP contribution in [0.1, 0.15) is 40.2 Å². The van der Waals surface area contributed by atoms with Gasteiger partial charge in [-0.05, 0) is 48.9 Å². The zero-order valence-corrected chi connectivity index (χ0v) is 23.7. The number of carbonyl (C=O) groups excluding carboxylic acids is 1. The van der Waals surface area contributed by atoms with Gasteiger partial charge in [0.05, 0.1) is 19.8 Å². The molecule has 4 heterocycles. The highest BCUT2D eigenvalue weighted by atomic mass is 16.7. The first-order valence-corrected chi connectivity index (χ1v) is 13.7. The van der Waals surface area contributed by atoms with Crippen LogP contribution in [0.2, 0.25) is 0 Å². The first kappa shape index (κ1) is 27.4. The van der Waals surface area contributed by atoms with Crippen LogP contribution in [-0.2, 0) is 24.3 Å². The molecule has 4 aromatic rings. The fourth-order valence-electron chi connectivity index (χ4n) is 5.85. The molecule has 6 rings (SSSR count). The molecular weight excluding hydrogens is 540 g/mol. The van der Waals surface area contributed by atoms with Crippen molar-refractivity contribution in [3.05, 3.63) is 86.8 Å². The number of hydrogen-bond acceptors (Lipinski definition) is 9. The van der Waals surface area contributed by atoms with Gasteiger partial charge < -0.3 is 34.3 Å². The Labute approximate surface area is 242 Å². The molecule has 0 aliphatic carbocycles. The molecule has 42 heavy (non-hydrogen) atoms. The van der Waals surface area contributed by atoms with Crippen LogP contribution in [0.25, 0.3) is 5.65 Å². The summed E-state index contributed by atoms with van der Waals surface area (Å²) in [6, 6.07) is 12.2. The first-order valence-electron chi connectivity index (χ1n) is 13.7. The molecule has 2 aliphatic rings. The number of nitrogens with zero attached hydrogens (tertiary/aromatic N) is 3. The predicted octanol–water partition coefficient (Wildman–Crippen LogP) is 2.97. The topological polar surface area (TPSA) is 124 Å². The second-order valence-electron chi connectivity index (χ2n) is 10.4. The summed E-state index contributed by atoms with van der Waals surface area (Å²) < 4.78 is 24.0. The smallest absolute Gasteiger partial charge is 0.265 e. The van der Waals surface area contributed by atoms with Crippen LogP contribution in [0.4, 0.5) is 0 Å². The minimum Gasteiger partial charge on any atom is -0.497 e. The third kappa shape index (κ3) is 4.85. The fraction of sp³-hybridized carbons (Fsp3) is 0.323. The molecule has 2 aliphatic heterocycles. The zero-order chi connectivity index (χ0) is 29.4. The average Bonchev–Trinajstić information content (AvgIpc) is 3.48. The van der Waals surface area contributed by atoms with Gasteiger partial charge in [0.15, 0.2) is 11.5 Å². The summed E-state index contributed by atoms with van der Waals surface area (Å²) in [5.74, 6) is 0.944. The first-order chi connectivity index (χ1) is 20.4. The molecule has 1 amide bonds. The summed E-state index contributed by atoms with van der Waals surface area (Å²) in [4.78, 5) is 33.6. The van der Waals surface area contributed by atoms with Crippen molar-refractivity contribution in [1.29, 1.82) is 0 Å². The van der Waals surface area contributed by atoms with E-state index in [0.717, 1.165) is 29.7 Å². The van der Waals surface area contributed by atoms with Crippen LogP contribution >= 0.6 is 0 Å². The fourth-order valence-corrected chi connectivity index (χ4v) is 5.85. The van der Waals surface area contributed by atoms with Crippen molar-refractivity contribution < 1.29 is 28.8 Å². The van der Waals surface area contributed by atoms with Crippen LogP contribution < -0.4 is 29.8 Å². The Hall–Kier alpha value is -4.77. The molecule has 11 nitrogen and oxygen atoms in total. The van der Waals surface area contributed by atoms with Gasteiger partial charge in [0.1, 0.15) is 11.4 Å². The van der Waals surface area contributed by atoms with E-state index in [1.165, 1.54) is 4.40 Å². The van der Waals surface area contributed by atoms with Gasteiger partial charge in [0.25, 0.3) is 5.56 Å². The Morgan fingerprint density at radius 2 is 1.88 bits per heavy atom. The molecular formula is C31H32N4O7. The van der Waals surface area contributed by atoms with Crippen LogP contribution in [0, 0.1) is 0 Å². The molecule has 218 valence electrons. The lowest BCUT2D eigenvalue weighted by Crippen LogP contribution is -2.31. The summed E-state index contributed by atoms with van der Waals surface area (Å²) in [5.41, 5.74) is 3.54. The molecule has 11 heteroatoms. The van der Waals surface area contributed by atoms with Crippen LogP contribution in [0.3, 0.4) is 0 Å². The van der Waals surface area contributed by atoms with Crippen molar-refractivity contribution in [2.75, 3.05) is 34.6 Å². The van der Waals surface area contributed by atoms with E-state index in [1.807, 2.05) is 7.05 Å². The van der Waals surface area contributed by atoms with Crippen LogP contribution in [0.15, 0.2) is 53.5 Å². The number of carbonyl (C=O) groups is 1. The number of fused-ring (bicyclic) bond motifs is 3. The summed E-state index contributed by atoms with van der Waals surface area (Å²) in [6.45, 7) is 1.82. The minimum absolute atomic E-state index is 0.0431. The van der Waals surface area contributed by atoms with Crippen molar-refractivity contribution >= 4 is 11.6 Å². The number of likely N-dealkylation sites (N-methyl/N-ethyl adjacent to an activating group) is 1. The summed E-state index contributed by atoms with van der Waals surface area (Å²) in [6.07, 6.45) is 2.26. The molecule has 0 saturated heterocycles. The van der Waals surface area contributed by atoms with Gasteiger partial charge in [-0.25, -0.2) is 0 Å². The number of amides is 1. The number of aromatic hydroxyl groups is 1. The highest BCUT2D eigenvalue weighted by Crippen LogP contribution is 2.49. The maximum Gasteiger partial charge on any atom is 0.265 e. The predicted molar refractivity (Wildman–Crippen MR) is 154 cm³/mol. The van der Waals surface area contributed by atoms with Gasteiger partial charge in [-0.3, -0.25) is 14.0 Å². The van der Waals surface area contributed by atoms with E-state index in [-0.39, 0.29) is 31.2 Å². The molecule has 0 bridgehead atoms. The Morgan fingerprint density at radius 3 is 2.64 bits per heavy atom. The largest absolute Gasteiger partial charge is 0.497 e. The molecule has 2 N–H and O–H groups in total. The second kappa shape index (κ2) is 11.2. The molecule has 2 aromatic carbocycles. The Morgan fingerprint density at radius 1 is 1.10 bits per heavy atom. The maximum atomic E-state index is 13.6. The molecule has 0 saturated carbocycles. The van der Waals surface area contributed by atoms with Crippen molar-refractivity contribution in [3.63, 3.8) is 0 Å². The average molecular weight is 573 g/mol. The number of methoxy groups -OCH3 is 2. The quantitative estimate of drug-likeness (QED) is 0.328. The van der Waals surface area contributed by atoms with E-state index >= 15 is 0 Å². The van der Waals surface area contributed by atoms with Crippen LogP contribution in [0.5, 0.6) is 28.9 Å². The van der Waals surface area contributed by atoms with Crippen molar-refractivity contribution in [3.8, 4) is 28.9 Å². The normalized spacial score (nSPS) is 14.8. The Bertz CT molecular complexity index is 1720. The van der Waals surface area contributed by atoms with E-state index in [2.05, 4.69) is 15.2 Å². The molecule has 1 unspecified atom stereocenters. The zero-order valence-electron chi connectivity index (χ0n) is 23.7. The second-order valence-corrected chi connectivity index (χ2v) is 10.4.